The summed E-state index contributed by atoms with van der Waals surface area (Å²) < 4.78 is 11.6. The first kappa shape index (κ1) is 24.2. The number of nitrogens with zero attached hydrogens (tertiary/aromatic N) is 1. The third kappa shape index (κ3) is 4.17. The van der Waals surface area contributed by atoms with Gasteiger partial charge in [-0.1, -0.05) is 86.6 Å². The van der Waals surface area contributed by atoms with Gasteiger partial charge in [-0.05, 0) is 29.9 Å². The van der Waals surface area contributed by atoms with E-state index < -0.39 is 23.2 Å². The van der Waals surface area contributed by atoms with Crippen LogP contribution in [0.5, 0.6) is 5.75 Å². The summed E-state index contributed by atoms with van der Waals surface area (Å²) in [4.78, 5) is 15.4. The zero-order chi connectivity index (χ0) is 24.3. The lowest BCUT2D eigenvalue weighted by molar-refractivity contribution is 0.0479. The van der Waals surface area contributed by atoms with E-state index in [-0.39, 0.29) is 12.0 Å². The Hall–Kier alpha value is -2.96. The summed E-state index contributed by atoms with van der Waals surface area (Å²) >= 11 is 1.44. The minimum Gasteiger partial charge on any atom is -0.497 e. The van der Waals surface area contributed by atoms with E-state index in [9.17, 15) is 9.90 Å². The number of carbonyl (C=O) groups is 1. The molecule has 0 saturated carbocycles. The Bertz CT molecular complexity index is 1050. The van der Waals surface area contributed by atoms with E-state index >= 15 is 0 Å². The average Bonchev–Trinajstić information content (AvgIpc) is 3.19. The van der Waals surface area contributed by atoms with Gasteiger partial charge in [-0.2, -0.15) is 0 Å². The minimum atomic E-state index is -0.999. The van der Waals surface area contributed by atoms with Crippen LogP contribution in [0.25, 0.3) is 0 Å². The maximum atomic E-state index is 13.6. The van der Waals surface area contributed by atoms with Gasteiger partial charge in [0.1, 0.15) is 17.2 Å². The zero-order valence-corrected chi connectivity index (χ0v) is 20.7. The predicted octanol–water partition coefficient (Wildman–Crippen LogP) is 5.84. The topological polar surface area (TPSA) is 59.0 Å². The third-order valence-corrected chi connectivity index (χ3v) is 7.42. The molecule has 4 rings (SSSR count). The highest BCUT2D eigenvalue weighted by Crippen LogP contribution is 2.50. The third-order valence-electron chi connectivity index (χ3n) is 6.46. The molecule has 1 N–H and O–H groups in total. The van der Waals surface area contributed by atoms with Gasteiger partial charge in [0, 0.05) is 11.1 Å². The molecule has 34 heavy (non-hydrogen) atoms. The quantitative estimate of drug-likeness (QED) is 0.442. The number of ether oxygens (including phenoxy) is 2. The van der Waals surface area contributed by atoms with E-state index in [1.165, 1.54) is 11.8 Å². The van der Waals surface area contributed by atoms with E-state index in [4.69, 9.17) is 9.47 Å². The van der Waals surface area contributed by atoms with Gasteiger partial charge in [-0.25, -0.2) is 4.79 Å². The average molecular weight is 478 g/mol. The molecule has 0 aromatic heterocycles. The summed E-state index contributed by atoms with van der Waals surface area (Å²) in [5, 5.41) is 10.9. The molecule has 5 nitrogen and oxygen atoms in total. The van der Waals surface area contributed by atoms with Crippen LogP contribution in [-0.2, 0) is 10.3 Å². The fourth-order valence-electron chi connectivity index (χ4n) is 4.97. The number of amides is 1. The number of aliphatic hydroxyl groups excluding tert-OH is 1. The van der Waals surface area contributed by atoms with E-state index in [0.717, 1.165) is 11.1 Å². The Labute approximate surface area is 205 Å². The van der Waals surface area contributed by atoms with Crippen molar-refractivity contribution in [3.05, 3.63) is 102 Å². The van der Waals surface area contributed by atoms with Crippen molar-refractivity contribution in [1.82, 2.24) is 4.90 Å². The fourth-order valence-corrected chi connectivity index (χ4v) is 5.83. The van der Waals surface area contributed by atoms with Gasteiger partial charge in [0.25, 0.3) is 0 Å². The highest BCUT2D eigenvalue weighted by atomic mass is 32.2. The smallest absolute Gasteiger partial charge is 0.412 e. The number of aliphatic hydroxyl groups is 1. The Morgan fingerprint density at radius 3 is 1.91 bits per heavy atom. The van der Waals surface area contributed by atoms with Gasteiger partial charge < -0.3 is 14.6 Å². The summed E-state index contributed by atoms with van der Waals surface area (Å²) in [6.45, 7) is 4.19. The molecule has 1 heterocycles. The molecule has 0 aliphatic carbocycles. The largest absolute Gasteiger partial charge is 0.497 e. The number of hydrogen-bond acceptors (Lipinski definition) is 5. The molecule has 3 aromatic carbocycles. The minimum absolute atomic E-state index is 0.0459. The van der Waals surface area contributed by atoms with Crippen LogP contribution in [0, 0.1) is 5.92 Å². The van der Waals surface area contributed by atoms with Gasteiger partial charge in [0.15, 0.2) is 5.60 Å². The molecular weight excluding hydrogens is 446 g/mol. The van der Waals surface area contributed by atoms with Gasteiger partial charge >= 0.3 is 6.09 Å². The van der Waals surface area contributed by atoms with Crippen LogP contribution in [0.3, 0.4) is 0 Å². The molecule has 1 saturated heterocycles. The summed E-state index contributed by atoms with van der Waals surface area (Å²) in [5.41, 5.74) is 1.54. The van der Waals surface area contributed by atoms with Crippen molar-refractivity contribution in [2.75, 3.05) is 13.4 Å². The predicted molar refractivity (Wildman–Crippen MR) is 136 cm³/mol. The van der Waals surface area contributed by atoms with Crippen LogP contribution in [0.4, 0.5) is 4.79 Å². The van der Waals surface area contributed by atoms with E-state index in [1.54, 1.807) is 12.0 Å². The second-order valence-corrected chi connectivity index (χ2v) is 9.73. The highest BCUT2D eigenvalue weighted by Gasteiger charge is 2.59. The van der Waals surface area contributed by atoms with Crippen molar-refractivity contribution >= 4 is 17.9 Å². The molecule has 0 spiro atoms. The number of carbonyl (C=O) groups excluding carboxylic acids is 1. The van der Waals surface area contributed by atoms with Crippen LogP contribution in [0.1, 0.15) is 36.6 Å². The van der Waals surface area contributed by atoms with Crippen molar-refractivity contribution in [3.8, 4) is 5.75 Å². The second-order valence-electron chi connectivity index (χ2n) is 8.78. The molecule has 6 heteroatoms. The Morgan fingerprint density at radius 1 is 0.941 bits per heavy atom. The van der Waals surface area contributed by atoms with Crippen LogP contribution in [-0.4, -0.2) is 40.9 Å². The van der Waals surface area contributed by atoms with Crippen molar-refractivity contribution in [3.63, 3.8) is 0 Å². The molecule has 0 unspecified atom stereocenters. The molecule has 1 fully saturated rings. The summed E-state index contributed by atoms with van der Waals surface area (Å²) in [5.74, 6) is 0.758. The Morgan fingerprint density at radius 2 is 1.47 bits per heavy atom. The number of cyclic esters (lactones) is 1. The van der Waals surface area contributed by atoms with Crippen LogP contribution in [0.15, 0.2) is 84.9 Å². The molecule has 3 aromatic rings. The fraction of sp³-hybridized carbons (Fsp3) is 0.321. The van der Waals surface area contributed by atoms with Gasteiger partial charge in [0.2, 0.25) is 0 Å². The number of rotatable bonds is 8. The number of hydrogen-bond donors (Lipinski definition) is 1. The second kappa shape index (κ2) is 10.1. The van der Waals surface area contributed by atoms with Crippen LogP contribution < -0.4 is 4.74 Å². The summed E-state index contributed by atoms with van der Waals surface area (Å²) in [7, 11) is 1.61. The normalized spacial score (nSPS) is 19.1. The lowest BCUT2D eigenvalue weighted by atomic mass is 9.75. The summed E-state index contributed by atoms with van der Waals surface area (Å²) in [6, 6.07) is 26.8. The van der Waals surface area contributed by atoms with E-state index in [2.05, 4.69) is 13.8 Å². The lowest BCUT2D eigenvalue weighted by Gasteiger charge is -2.41. The molecule has 1 aliphatic rings. The first-order valence-corrected chi connectivity index (χ1v) is 12.7. The van der Waals surface area contributed by atoms with E-state index in [1.807, 2.05) is 91.2 Å². The number of benzene rings is 3. The maximum absolute atomic E-state index is 13.6. The van der Waals surface area contributed by atoms with Crippen molar-refractivity contribution < 1.29 is 19.4 Å². The van der Waals surface area contributed by atoms with E-state index in [0.29, 0.717) is 11.3 Å². The van der Waals surface area contributed by atoms with Gasteiger partial charge in [-0.3, -0.25) is 4.90 Å². The molecule has 3 atom stereocenters. The SMILES string of the molecule is COc1ccc([C@@H](O)[C@H](SC)N2C(=O)OC(c3ccccc3)(c3ccccc3)[C@@H]2C(C)C)cc1. The number of thioether (sulfide) groups is 1. The lowest BCUT2D eigenvalue weighted by Crippen LogP contribution is -2.51. The zero-order valence-electron chi connectivity index (χ0n) is 19.9. The molecule has 178 valence electrons. The maximum Gasteiger partial charge on any atom is 0.412 e. The van der Waals surface area contributed by atoms with Crippen LogP contribution >= 0.6 is 11.8 Å². The van der Waals surface area contributed by atoms with Crippen molar-refractivity contribution in [1.29, 1.82) is 0 Å². The standard InChI is InChI=1S/C28H31NO4S/c1-19(2)25-28(21-11-7-5-8-12-21,22-13-9-6-10-14-22)33-27(31)29(25)26(34-4)24(30)20-15-17-23(32-3)18-16-20/h5-19,24-26,30H,1-4H3/t24-,25+,26+/m1/s1. The first-order valence-electron chi connectivity index (χ1n) is 11.4. The van der Waals surface area contributed by atoms with Crippen molar-refractivity contribution in [2.24, 2.45) is 5.92 Å². The molecule has 1 amide bonds. The van der Waals surface area contributed by atoms with Crippen molar-refractivity contribution in [2.45, 2.75) is 37.0 Å². The molecular formula is C28H31NO4S. The monoisotopic (exact) mass is 477 g/mol. The molecule has 0 radical (unpaired) electrons. The highest BCUT2D eigenvalue weighted by molar-refractivity contribution is 7.99. The summed E-state index contributed by atoms with van der Waals surface area (Å²) in [6.07, 6.45) is 0.572. The molecule has 0 bridgehead atoms. The first-order chi connectivity index (χ1) is 16.4. The number of methoxy groups -OCH3 is 1. The molecule has 1 aliphatic heterocycles. The van der Waals surface area contributed by atoms with Crippen LogP contribution in [0.2, 0.25) is 0 Å². The Kier molecular flexibility index (Phi) is 7.19. The van der Waals surface area contributed by atoms with Gasteiger partial charge in [-0.15, -0.1) is 11.8 Å². The Balaban J connectivity index is 1.83. The van der Waals surface area contributed by atoms with Gasteiger partial charge in [0.05, 0.1) is 13.2 Å².